The molecule has 5 aromatic rings. The summed E-state index contributed by atoms with van der Waals surface area (Å²) in [5.74, 6) is 0.776. The Balaban J connectivity index is 1.09. The molecule has 14 nitrogen and oxygen atoms in total. The van der Waals surface area contributed by atoms with Crippen LogP contribution in [0.1, 0.15) is 30.0 Å². The summed E-state index contributed by atoms with van der Waals surface area (Å²) in [5.41, 5.74) is 4.38. The third-order valence-corrected chi connectivity index (χ3v) is 11.7. The lowest BCUT2D eigenvalue weighted by molar-refractivity contribution is 0.158. The number of likely N-dealkylation sites (tertiary alicyclic amines) is 1. The van der Waals surface area contributed by atoms with E-state index < -0.39 is 11.2 Å². The second kappa shape index (κ2) is 14.0. The van der Waals surface area contributed by atoms with Crippen LogP contribution in [0.15, 0.2) is 58.4 Å². The molecule has 5 heterocycles. The van der Waals surface area contributed by atoms with Crippen LogP contribution >= 0.6 is 23.2 Å². The van der Waals surface area contributed by atoms with E-state index in [9.17, 15) is 14.4 Å². The van der Waals surface area contributed by atoms with E-state index in [1.165, 1.54) is 17.9 Å². The zero-order valence-electron chi connectivity index (χ0n) is 30.3. The fourth-order valence-corrected chi connectivity index (χ4v) is 8.80. The summed E-state index contributed by atoms with van der Waals surface area (Å²) >= 11 is 14.3. The fraction of sp³-hybridized carbons (Fsp3) is 0.368. The number of nitrogens with one attached hydrogen (secondary N) is 2. The number of methoxy groups -OCH3 is 2. The lowest BCUT2D eigenvalue weighted by Gasteiger charge is -2.28. The van der Waals surface area contributed by atoms with Crippen molar-refractivity contribution in [3.8, 4) is 28.3 Å². The van der Waals surface area contributed by atoms with Crippen LogP contribution in [0.3, 0.4) is 0 Å². The Bertz CT molecular complexity index is 2450. The van der Waals surface area contributed by atoms with E-state index in [1.54, 1.807) is 27.3 Å². The number of amides is 2. The number of carbonyl (C=O) groups excluding carboxylic acids is 1. The maximum atomic E-state index is 13.2. The Morgan fingerprint density at radius 3 is 2.52 bits per heavy atom. The normalized spacial score (nSPS) is 19.6. The van der Waals surface area contributed by atoms with E-state index in [0.717, 1.165) is 53.6 Å². The smallest absolute Gasteiger partial charge is 0.332 e. The van der Waals surface area contributed by atoms with Gasteiger partial charge in [-0.25, -0.2) is 24.5 Å². The van der Waals surface area contributed by atoms with E-state index in [1.807, 2.05) is 35.2 Å². The Morgan fingerprint density at radius 2 is 1.74 bits per heavy atom. The fourth-order valence-electron chi connectivity index (χ4n) is 8.20. The van der Waals surface area contributed by atoms with Crippen LogP contribution in [0.4, 0.5) is 16.3 Å². The zero-order valence-corrected chi connectivity index (χ0v) is 31.8. The Kier molecular flexibility index (Phi) is 9.33. The van der Waals surface area contributed by atoms with Gasteiger partial charge in [0.05, 0.1) is 40.7 Å². The van der Waals surface area contributed by atoms with E-state index in [-0.39, 0.29) is 34.5 Å². The third-order valence-electron chi connectivity index (χ3n) is 10.9. The molecule has 3 aliphatic rings. The molecule has 1 spiro atoms. The second-order valence-electron chi connectivity index (χ2n) is 14.1. The summed E-state index contributed by atoms with van der Waals surface area (Å²) in [7, 11) is 6.25. The molecule has 0 saturated carbocycles. The van der Waals surface area contributed by atoms with Crippen molar-refractivity contribution < 1.29 is 14.3 Å². The minimum atomic E-state index is -0.528. The van der Waals surface area contributed by atoms with E-state index in [0.29, 0.717) is 58.1 Å². The monoisotopic (exact) mass is 771 g/mol. The Labute approximate surface area is 320 Å². The number of aromatic nitrogens is 5. The quantitative estimate of drug-likeness (QED) is 0.212. The highest BCUT2D eigenvalue weighted by atomic mass is 35.5. The first-order valence-electron chi connectivity index (χ1n) is 17.7. The van der Waals surface area contributed by atoms with Gasteiger partial charge in [0.1, 0.15) is 17.5 Å². The molecule has 2 atom stereocenters. The highest BCUT2D eigenvalue weighted by Crippen LogP contribution is 2.47. The number of benzene rings is 2. The summed E-state index contributed by atoms with van der Waals surface area (Å²) in [5, 5.41) is 7.44. The predicted molar refractivity (Wildman–Crippen MR) is 207 cm³/mol. The van der Waals surface area contributed by atoms with Gasteiger partial charge in [-0.3, -0.25) is 18.8 Å². The minimum absolute atomic E-state index is 0.0337. The van der Waals surface area contributed by atoms with Crippen LogP contribution in [0, 0.1) is 0 Å². The molecule has 2 fully saturated rings. The number of hydrogen-bond donors (Lipinski definition) is 2. The topological polar surface area (TPSA) is 149 Å². The zero-order chi connectivity index (χ0) is 37.9. The Morgan fingerprint density at radius 1 is 0.981 bits per heavy atom. The van der Waals surface area contributed by atoms with Gasteiger partial charge in [-0.15, -0.1) is 0 Å². The van der Waals surface area contributed by atoms with E-state index in [2.05, 4.69) is 31.6 Å². The summed E-state index contributed by atoms with van der Waals surface area (Å²) in [6.45, 7) is 3.36. The molecular formula is C38H39Cl2N9O5. The first-order valence-corrected chi connectivity index (χ1v) is 18.4. The van der Waals surface area contributed by atoms with Gasteiger partial charge in [0, 0.05) is 75.7 Å². The second-order valence-corrected chi connectivity index (χ2v) is 14.8. The van der Waals surface area contributed by atoms with Crippen LogP contribution < -0.4 is 26.6 Å². The number of hydrogen-bond acceptors (Lipinski definition) is 10. The molecule has 0 radical (unpaired) electrons. The molecule has 8 rings (SSSR count). The van der Waals surface area contributed by atoms with Gasteiger partial charge in [-0.1, -0.05) is 53.5 Å². The molecule has 280 valence electrons. The number of carbonyl (C=O) groups is 1. The molecule has 16 heteroatoms. The number of urea groups is 1. The number of nitrogens with zero attached hydrogens (tertiary/aromatic N) is 7. The van der Waals surface area contributed by atoms with Crippen LogP contribution in [0.2, 0.25) is 10.0 Å². The van der Waals surface area contributed by atoms with Gasteiger partial charge in [-0.05, 0) is 37.0 Å². The molecule has 1 aliphatic carbocycles. The molecule has 2 N–H and O–H groups in total. The standard InChI is InChI=1S/C38H39Cl2N9O5/c1-46-33-29(35(50)47(2)37(46)52)32(41-20-42-33)43-25-10-6-8-23(31(25)40)22-7-5-9-24(30(22)39)26-17-21-11-12-27(28(21)34(44-26)54-4)48-14-13-38(18-48)19-49(15-16-53-3)36(51)45-38/h5-10,17,20,27H,11-16,18-19H2,1-4H3,(H,45,51)(H,41,42,43)/t27-,38-/m1/s1. The van der Waals surface area contributed by atoms with Gasteiger partial charge in [0.25, 0.3) is 5.56 Å². The number of rotatable bonds is 9. The highest BCUT2D eigenvalue weighted by molar-refractivity contribution is 6.39. The van der Waals surface area contributed by atoms with Crippen LogP contribution in [-0.2, 0) is 25.3 Å². The maximum absolute atomic E-state index is 13.2. The van der Waals surface area contributed by atoms with Crippen molar-refractivity contribution in [2.45, 2.75) is 30.8 Å². The lowest BCUT2D eigenvalue weighted by Crippen LogP contribution is -2.46. The van der Waals surface area contributed by atoms with Crippen molar-refractivity contribution >= 4 is 51.8 Å². The number of aryl methyl sites for hydroxylation is 2. The van der Waals surface area contributed by atoms with Crippen molar-refractivity contribution in [3.05, 3.63) is 90.8 Å². The summed E-state index contributed by atoms with van der Waals surface area (Å²) in [6.07, 6.45) is 3.93. The summed E-state index contributed by atoms with van der Waals surface area (Å²) in [6, 6.07) is 13.4. The minimum Gasteiger partial charge on any atom is -0.481 e. The van der Waals surface area contributed by atoms with Gasteiger partial charge >= 0.3 is 11.7 Å². The average Bonchev–Trinajstić information content (AvgIpc) is 3.88. The van der Waals surface area contributed by atoms with Gasteiger partial charge in [0.15, 0.2) is 5.65 Å². The molecule has 3 aromatic heterocycles. The van der Waals surface area contributed by atoms with Crippen molar-refractivity contribution in [3.63, 3.8) is 0 Å². The highest BCUT2D eigenvalue weighted by Gasteiger charge is 2.49. The number of fused-ring (bicyclic) bond motifs is 2. The molecule has 2 aliphatic heterocycles. The van der Waals surface area contributed by atoms with Crippen LogP contribution in [0.5, 0.6) is 5.88 Å². The first-order chi connectivity index (χ1) is 26.0. The summed E-state index contributed by atoms with van der Waals surface area (Å²) in [4.78, 5) is 56.2. The van der Waals surface area contributed by atoms with Gasteiger partial charge in [0.2, 0.25) is 5.88 Å². The van der Waals surface area contributed by atoms with Crippen molar-refractivity contribution in [1.29, 1.82) is 0 Å². The van der Waals surface area contributed by atoms with Gasteiger partial charge in [-0.2, -0.15) is 0 Å². The number of anilines is 2. The lowest BCUT2D eigenvalue weighted by atomic mass is 9.99. The van der Waals surface area contributed by atoms with Crippen LogP contribution in [-0.4, -0.2) is 92.5 Å². The molecule has 2 aromatic carbocycles. The van der Waals surface area contributed by atoms with Crippen LogP contribution in [0.25, 0.3) is 33.4 Å². The first kappa shape index (κ1) is 36.0. The number of pyridine rings is 1. The van der Waals surface area contributed by atoms with Crippen molar-refractivity contribution in [2.24, 2.45) is 14.1 Å². The average molecular weight is 773 g/mol. The SMILES string of the molecule is COCCN1C[C@]2(CCN([C@@H]3CCc4cc(-c5cccc(-c6cccc(Nc7ncnc8c7c(=O)n(C)c(=O)n8C)c6Cl)c5Cl)nc(OC)c43)C2)NC1=O. The number of halogens is 2. The molecule has 2 amide bonds. The maximum Gasteiger partial charge on any atom is 0.332 e. The molecule has 0 bridgehead atoms. The molecular weight excluding hydrogens is 733 g/mol. The largest absolute Gasteiger partial charge is 0.481 e. The summed E-state index contributed by atoms with van der Waals surface area (Å²) < 4.78 is 13.5. The predicted octanol–water partition coefficient (Wildman–Crippen LogP) is 4.92. The number of ether oxygens (including phenoxy) is 2. The molecule has 54 heavy (non-hydrogen) atoms. The van der Waals surface area contributed by atoms with Gasteiger partial charge < -0.3 is 25.0 Å². The van der Waals surface area contributed by atoms with E-state index >= 15 is 0 Å². The molecule has 2 saturated heterocycles. The Hall–Kier alpha value is -5.02. The third kappa shape index (κ3) is 5.97. The van der Waals surface area contributed by atoms with Crippen molar-refractivity contribution in [1.82, 2.24) is 39.2 Å². The van der Waals surface area contributed by atoms with Crippen molar-refractivity contribution in [2.75, 3.05) is 52.3 Å². The molecule has 0 unspecified atom stereocenters. The van der Waals surface area contributed by atoms with E-state index in [4.69, 9.17) is 37.7 Å².